The molecule has 1 N–H and O–H groups in total. The Kier molecular flexibility index (Phi) is 3.63. The zero-order valence-electron chi connectivity index (χ0n) is 12.9. The first-order valence-electron chi connectivity index (χ1n) is 7.86. The Bertz CT molecular complexity index is 486. The monoisotopic (exact) mass is 274 g/mol. The number of rotatable bonds is 3. The molecule has 20 heavy (non-hydrogen) atoms. The van der Waals surface area contributed by atoms with E-state index >= 15 is 0 Å². The number of piperidine rings is 1. The van der Waals surface area contributed by atoms with Crippen LogP contribution in [0.3, 0.4) is 0 Å². The maximum atomic E-state index is 6.38. The number of hydrogen-bond donors (Lipinski definition) is 1. The summed E-state index contributed by atoms with van der Waals surface area (Å²) >= 11 is 0. The van der Waals surface area contributed by atoms with Gasteiger partial charge < -0.3 is 10.1 Å². The summed E-state index contributed by atoms with van der Waals surface area (Å²) in [5.41, 5.74) is 2.61. The summed E-state index contributed by atoms with van der Waals surface area (Å²) in [4.78, 5) is 2.53. The summed E-state index contributed by atoms with van der Waals surface area (Å²) in [5, 5.41) is 3.40. The van der Waals surface area contributed by atoms with Crippen LogP contribution in [0.1, 0.15) is 39.2 Å². The minimum Gasteiger partial charge on any atom is -0.486 e. The first-order chi connectivity index (χ1) is 9.56. The Balaban J connectivity index is 1.72. The summed E-state index contributed by atoms with van der Waals surface area (Å²) < 4.78 is 6.38. The standard InChI is InChI=1S/C17H26N2O/c1-13(2)19-10-4-8-17(3,12-19)20-15-5-6-16-14(11-15)7-9-18-16/h5-6,11,13,18H,4,7-10,12H2,1-3H3. The van der Waals surface area contributed by atoms with Crippen molar-refractivity contribution in [2.75, 3.05) is 25.0 Å². The number of likely N-dealkylation sites (tertiary alicyclic amines) is 1. The maximum absolute atomic E-state index is 6.38. The summed E-state index contributed by atoms with van der Waals surface area (Å²) in [6, 6.07) is 7.08. The van der Waals surface area contributed by atoms with Gasteiger partial charge in [-0.1, -0.05) is 0 Å². The summed E-state index contributed by atoms with van der Waals surface area (Å²) in [5.74, 6) is 1.03. The van der Waals surface area contributed by atoms with Crippen molar-refractivity contribution >= 4 is 5.69 Å². The molecule has 2 heterocycles. The molecule has 0 radical (unpaired) electrons. The van der Waals surface area contributed by atoms with Crippen molar-refractivity contribution in [1.82, 2.24) is 4.90 Å². The van der Waals surface area contributed by atoms with E-state index in [1.54, 1.807) is 0 Å². The fourth-order valence-electron chi connectivity index (χ4n) is 3.40. The second-order valence-corrected chi connectivity index (χ2v) is 6.72. The van der Waals surface area contributed by atoms with Gasteiger partial charge in [0.15, 0.2) is 0 Å². The average Bonchev–Trinajstić information content (AvgIpc) is 2.85. The third-order valence-corrected chi connectivity index (χ3v) is 4.57. The van der Waals surface area contributed by atoms with E-state index in [4.69, 9.17) is 4.74 Å². The molecule has 3 rings (SSSR count). The number of nitrogens with zero attached hydrogens (tertiary/aromatic N) is 1. The second-order valence-electron chi connectivity index (χ2n) is 6.72. The zero-order valence-corrected chi connectivity index (χ0v) is 12.9. The van der Waals surface area contributed by atoms with Crippen LogP contribution in [0, 0.1) is 0 Å². The van der Waals surface area contributed by atoms with Gasteiger partial charge in [-0.05, 0) is 70.3 Å². The fourth-order valence-corrected chi connectivity index (χ4v) is 3.40. The lowest BCUT2D eigenvalue weighted by atomic mass is 9.93. The number of hydrogen-bond acceptors (Lipinski definition) is 3. The summed E-state index contributed by atoms with van der Waals surface area (Å²) in [6.45, 7) is 10.1. The van der Waals surface area contributed by atoms with Gasteiger partial charge >= 0.3 is 0 Å². The van der Waals surface area contributed by atoms with Crippen molar-refractivity contribution in [3.05, 3.63) is 23.8 Å². The molecule has 3 nitrogen and oxygen atoms in total. The van der Waals surface area contributed by atoms with Crippen LogP contribution in [0.5, 0.6) is 5.75 Å². The fraction of sp³-hybridized carbons (Fsp3) is 0.647. The van der Waals surface area contributed by atoms with Crippen molar-refractivity contribution in [1.29, 1.82) is 0 Å². The van der Waals surface area contributed by atoms with Crippen molar-refractivity contribution in [2.45, 2.75) is 51.7 Å². The molecule has 1 aromatic carbocycles. The quantitative estimate of drug-likeness (QED) is 0.915. The van der Waals surface area contributed by atoms with Gasteiger partial charge in [0.1, 0.15) is 11.4 Å². The Morgan fingerprint density at radius 1 is 1.35 bits per heavy atom. The molecule has 2 aliphatic heterocycles. The highest BCUT2D eigenvalue weighted by molar-refractivity contribution is 5.57. The maximum Gasteiger partial charge on any atom is 0.120 e. The molecule has 1 atom stereocenters. The first-order valence-corrected chi connectivity index (χ1v) is 7.86. The van der Waals surface area contributed by atoms with Crippen molar-refractivity contribution in [2.24, 2.45) is 0 Å². The van der Waals surface area contributed by atoms with E-state index < -0.39 is 0 Å². The third kappa shape index (κ3) is 2.78. The molecule has 1 fully saturated rings. The molecule has 0 aromatic heterocycles. The van der Waals surface area contributed by atoms with E-state index in [0.29, 0.717) is 6.04 Å². The second kappa shape index (κ2) is 5.28. The van der Waals surface area contributed by atoms with E-state index in [2.05, 4.69) is 49.2 Å². The molecule has 0 bridgehead atoms. The van der Waals surface area contributed by atoms with Crippen LogP contribution in [-0.4, -0.2) is 36.2 Å². The number of fused-ring (bicyclic) bond motifs is 1. The van der Waals surface area contributed by atoms with Crippen molar-refractivity contribution in [3.8, 4) is 5.75 Å². The van der Waals surface area contributed by atoms with Gasteiger partial charge in [-0.2, -0.15) is 0 Å². The van der Waals surface area contributed by atoms with Crippen molar-refractivity contribution in [3.63, 3.8) is 0 Å². The summed E-state index contributed by atoms with van der Waals surface area (Å²) in [6.07, 6.45) is 3.48. The molecular weight excluding hydrogens is 248 g/mol. The molecule has 0 spiro atoms. The topological polar surface area (TPSA) is 24.5 Å². The number of anilines is 1. The Morgan fingerprint density at radius 3 is 3.00 bits per heavy atom. The van der Waals surface area contributed by atoms with Crippen molar-refractivity contribution < 1.29 is 4.74 Å². The van der Waals surface area contributed by atoms with E-state index in [-0.39, 0.29) is 5.60 Å². The highest BCUT2D eigenvalue weighted by Gasteiger charge is 2.34. The Morgan fingerprint density at radius 2 is 2.20 bits per heavy atom. The Hall–Kier alpha value is -1.22. The SMILES string of the molecule is CC(C)N1CCCC(C)(Oc2ccc3c(c2)CCN3)C1. The van der Waals surface area contributed by atoms with E-state index in [1.165, 1.54) is 24.2 Å². The van der Waals surface area contributed by atoms with Crippen LogP contribution in [0.15, 0.2) is 18.2 Å². The van der Waals surface area contributed by atoms with Crippen LogP contribution in [-0.2, 0) is 6.42 Å². The van der Waals surface area contributed by atoms with Gasteiger partial charge in [-0.25, -0.2) is 0 Å². The number of nitrogens with one attached hydrogen (secondary N) is 1. The van der Waals surface area contributed by atoms with E-state index in [9.17, 15) is 0 Å². The molecule has 110 valence electrons. The van der Waals surface area contributed by atoms with Gasteiger partial charge in [0.05, 0.1) is 0 Å². The van der Waals surface area contributed by atoms with Crippen LogP contribution >= 0.6 is 0 Å². The zero-order chi connectivity index (χ0) is 14.2. The molecule has 0 saturated carbocycles. The normalized spacial score (nSPS) is 26.4. The molecule has 3 heteroatoms. The molecule has 1 saturated heterocycles. The lowest BCUT2D eigenvalue weighted by Gasteiger charge is -2.42. The minimum atomic E-state index is -0.0528. The first kappa shape index (κ1) is 13.7. The van der Waals surface area contributed by atoms with Crippen LogP contribution < -0.4 is 10.1 Å². The van der Waals surface area contributed by atoms with Crippen LogP contribution in [0.25, 0.3) is 0 Å². The van der Waals surface area contributed by atoms with Crippen LogP contribution in [0.4, 0.5) is 5.69 Å². The third-order valence-electron chi connectivity index (χ3n) is 4.57. The number of ether oxygens (including phenoxy) is 1. The molecule has 2 aliphatic rings. The van der Waals surface area contributed by atoms with Gasteiger partial charge in [0, 0.05) is 24.8 Å². The minimum absolute atomic E-state index is 0.0528. The number of benzene rings is 1. The highest BCUT2D eigenvalue weighted by Crippen LogP contribution is 2.32. The molecule has 0 amide bonds. The molecule has 0 aliphatic carbocycles. The summed E-state index contributed by atoms with van der Waals surface area (Å²) in [7, 11) is 0. The molecular formula is C17H26N2O. The predicted molar refractivity (Wildman–Crippen MR) is 83.6 cm³/mol. The Labute approximate surface area is 122 Å². The van der Waals surface area contributed by atoms with Gasteiger partial charge in [-0.15, -0.1) is 0 Å². The van der Waals surface area contributed by atoms with Crippen LogP contribution in [0.2, 0.25) is 0 Å². The predicted octanol–water partition coefficient (Wildman–Crippen LogP) is 3.30. The van der Waals surface area contributed by atoms with E-state index in [1.807, 2.05) is 0 Å². The van der Waals surface area contributed by atoms with Gasteiger partial charge in [0.2, 0.25) is 0 Å². The largest absolute Gasteiger partial charge is 0.486 e. The average molecular weight is 274 g/mol. The lowest BCUT2D eigenvalue weighted by molar-refractivity contribution is -0.00530. The smallest absolute Gasteiger partial charge is 0.120 e. The van der Waals surface area contributed by atoms with Gasteiger partial charge in [0.25, 0.3) is 0 Å². The molecule has 1 aromatic rings. The molecule has 1 unspecified atom stereocenters. The van der Waals surface area contributed by atoms with E-state index in [0.717, 1.165) is 31.7 Å². The lowest BCUT2D eigenvalue weighted by Crippen LogP contribution is -2.51. The van der Waals surface area contributed by atoms with Gasteiger partial charge in [-0.3, -0.25) is 4.90 Å². The highest BCUT2D eigenvalue weighted by atomic mass is 16.5.